The Hall–Kier alpha value is -2.08. The molecule has 6 nitrogen and oxygen atoms in total. The largest absolute Gasteiger partial charge is 0.493 e. The molecule has 0 aliphatic rings. The lowest BCUT2D eigenvalue weighted by atomic mass is 10.1. The lowest BCUT2D eigenvalue weighted by molar-refractivity contribution is 0.310. The normalized spacial score (nSPS) is 12.5. The third-order valence-corrected chi connectivity index (χ3v) is 3.28. The standard InChI is InChI=1S/C16H24N4O2/c1-5-22-12-7-6-11(9-13(12)21-4)15(17)16-18-14(19-20-16)8-10(2)3/h6-7,9-10,15H,5,8,17H2,1-4H3,(H,18,19,20). The summed E-state index contributed by atoms with van der Waals surface area (Å²) in [4.78, 5) is 4.48. The summed E-state index contributed by atoms with van der Waals surface area (Å²) in [5, 5.41) is 7.18. The van der Waals surface area contributed by atoms with Crippen LogP contribution in [0.1, 0.15) is 44.0 Å². The molecular formula is C16H24N4O2. The smallest absolute Gasteiger partial charge is 0.171 e. The minimum Gasteiger partial charge on any atom is -0.493 e. The third kappa shape index (κ3) is 3.76. The van der Waals surface area contributed by atoms with E-state index < -0.39 is 6.04 Å². The Labute approximate surface area is 131 Å². The van der Waals surface area contributed by atoms with Gasteiger partial charge in [-0.1, -0.05) is 19.9 Å². The van der Waals surface area contributed by atoms with Gasteiger partial charge in [-0.05, 0) is 30.5 Å². The number of benzene rings is 1. The van der Waals surface area contributed by atoms with Gasteiger partial charge in [0.1, 0.15) is 5.82 Å². The molecule has 1 atom stereocenters. The fourth-order valence-electron chi connectivity index (χ4n) is 2.23. The van der Waals surface area contributed by atoms with Crippen LogP contribution in [0.2, 0.25) is 0 Å². The zero-order valence-electron chi connectivity index (χ0n) is 13.6. The summed E-state index contributed by atoms with van der Waals surface area (Å²) in [6.07, 6.45) is 0.853. The van der Waals surface area contributed by atoms with Crippen molar-refractivity contribution in [3.05, 3.63) is 35.4 Å². The van der Waals surface area contributed by atoms with Crippen LogP contribution in [0.3, 0.4) is 0 Å². The summed E-state index contributed by atoms with van der Waals surface area (Å²) >= 11 is 0. The summed E-state index contributed by atoms with van der Waals surface area (Å²) in [6, 6.07) is 5.24. The second-order valence-electron chi connectivity index (χ2n) is 5.56. The molecule has 0 saturated carbocycles. The van der Waals surface area contributed by atoms with Gasteiger partial charge in [-0.25, -0.2) is 4.98 Å². The Balaban J connectivity index is 2.21. The predicted octanol–water partition coefficient (Wildman–Crippen LogP) is 2.46. The zero-order chi connectivity index (χ0) is 16.1. The minimum absolute atomic E-state index is 0.401. The van der Waals surface area contributed by atoms with E-state index in [0.717, 1.165) is 17.8 Å². The quantitative estimate of drug-likeness (QED) is 0.820. The van der Waals surface area contributed by atoms with Crippen molar-refractivity contribution in [1.82, 2.24) is 15.2 Å². The summed E-state index contributed by atoms with van der Waals surface area (Å²) in [6.45, 7) is 6.79. The van der Waals surface area contributed by atoms with E-state index in [1.54, 1.807) is 7.11 Å². The van der Waals surface area contributed by atoms with Gasteiger partial charge in [0.2, 0.25) is 0 Å². The van der Waals surface area contributed by atoms with Gasteiger partial charge in [-0.2, -0.15) is 5.10 Å². The van der Waals surface area contributed by atoms with E-state index in [1.807, 2.05) is 25.1 Å². The number of H-pyrrole nitrogens is 1. The highest BCUT2D eigenvalue weighted by Crippen LogP contribution is 2.31. The number of hydrogen-bond acceptors (Lipinski definition) is 5. The van der Waals surface area contributed by atoms with Crippen LogP contribution in [0.25, 0.3) is 0 Å². The second-order valence-corrected chi connectivity index (χ2v) is 5.56. The Morgan fingerprint density at radius 2 is 2.05 bits per heavy atom. The Bertz CT molecular complexity index is 610. The van der Waals surface area contributed by atoms with Crippen LogP contribution in [-0.2, 0) is 6.42 Å². The molecule has 3 N–H and O–H groups in total. The molecule has 2 aromatic rings. The van der Waals surface area contributed by atoms with Crippen LogP contribution in [0, 0.1) is 5.92 Å². The Morgan fingerprint density at radius 1 is 1.27 bits per heavy atom. The highest BCUT2D eigenvalue weighted by molar-refractivity contribution is 5.44. The van der Waals surface area contributed by atoms with Crippen LogP contribution in [0.4, 0.5) is 0 Å². The van der Waals surface area contributed by atoms with Gasteiger partial charge in [0.25, 0.3) is 0 Å². The molecule has 0 aliphatic carbocycles. The lowest BCUT2D eigenvalue weighted by Crippen LogP contribution is -2.14. The molecule has 1 unspecified atom stereocenters. The van der Waals surface area contributed by atoms with E-state index in [9.17, 15) is 0 Å². The number of rotatable bonds is 7. The van der Waals surface area contributed by atoms with Crippen LogP contribution >= 0.6 is 0 Å². The number of nitrogens with zero attached hydrogens (tertiary/aromatic N) is 2. The molecule has 0 fully saturated rings. The van der Waals surface area contributed by atoms with E-state index in [4.69, 9.17) is 15.2 Å². The van der Waals surface area contributed by atoms with Crippen molar-refractivity contribution in [2.45, 2.75) is 33.2 Å². The topological polar surface area (TPSA) is 86.0 Å². The van der Waals surface area contributed by atoms with Crippen molar-refractivity contribution >= 4 is 0 Å². The Kier molecular flexibility index (Phi) is 5.38. The molecule has 0 amide bonds. The fourth-order valence-corrected chi connectivity index (χ4v) is 2.23. The van der Waals surface area contributed by atoms with Gasteiger partial charge < -0.3 is 15.2 Å². The maximum atomic E-state index is 6.27. The van der Waals surface area contributed by atoms with Gasteiger partial charge in [0.15, 0.2) is 17.3 Å². The first kappa shape index (κ1) is 16.3. The molecule has 120 valence electrons. The molecule has 22 heavy (non-hydrogen) atoms. The van der Waals surface area contributed by atoms with Crippen LogP contribution in [0.5, 0.6) is 11.5 Å². The summed E-state index contributed by atoms with van der Waals surface area (Å²) < 4.78 is 10.9. The minimum atomic E-state index is -0.401. The first-order chi connectivity index (χ1) is 10.5. The van der Waals surface area contributed by atoms with Gasteiger partial charge in [0, 0.05) is 6.42 Å². The van der Waals surface area contributed by atoms with Crippen molar-refractivity contribution in [1.29, 1.82) is 0 Å². The lowest BCUT2D eigenvalue weighted by Gasteiger charge is -2.13. The van der Waals surface area contributed by atoms with Crippen molar-refractivity contribution in [2.24, 2.45) is 11.7 Å². The fraction of sp³-hybridized carbons (Fsp3) is 0.500. The van der Waals surface area contributed by atoms with Crippen LogP contribution in [-0.4, -0.2) is 28.9 Å². The van der Waals surface area contributed by atoms with Crippen molar-refractivity contribution in [2.75, 3.05) is 13.7 Å². The highest BCUT2D eigenvalue weighted by Gasteiger charge is 2.17. The van der Waals surface area contributed by atoms with Gasteiger partial charge >= 0.3 is 0 Å². The first-order valence-corrected chi connectivity index (χ1v) is 7.52. The van der Waals surface area contributed by atoms with E-state index in [2.05, 4.69) is 29.0 Å². The molecule has 6 heteroatoms. The number of hydrogen-bond donors (Lipinski definition) is 2. The first-order valence-electron chi connectivity index (χ1n) is 7.52. The van der Waals surface area contributed by atoms with E-state index in [0.29, 0.717) is 29.8 Å². The summed E-state index contributed by atoms with van der Waals surface area (Å²) in [7, 11) is 1.61. The number of aromatic amines is 1. The van der Waals surface area contributed by atoms with Gasteiger partial charge in [-0.3, -0.25) is 5.10 Å². The van der Waals surface area contributed by atoms with Crippen LogP contribution in [0.15, 0.2) is 18.2 Å². The van der Waals surface area contributed by atoms with E-state index >= 15 is 0 Å². The maximum absolute atomic E-state index is 6.27. The highest BCUT2D eigenvalue weighted by atomic mass is 16.5. The van der Waals surface area contributed by atoms with E-state index in [1.165, 1.54) is 0 Å². The molecule has 0 spiro atoms. The van der Waals surface area contributed by atoms with Crippen LogP contribution < -0.4 is 15.2 Å². The molecule has 0 saturated heterocycles. The van der Waals surface area contributed by atoms with Gasteiger partial charge in [0.05, 0.1) is 19.8 Å². The van der Waals surface area contributed by atoms with Crippen molar-refractivity contribution < 1.29 is 9.47 Å². The summed E-state index contributed by atoms with van der Waals surface area (Å²) in [5.41, 5.74) is 7.15. The molecule has 1 aromatic carbocycles. The maximum Gasteiger partial charge on any atom is 0.171 e. The zero-order valence-corrected chi connectivity index (χ0v) is 13.6. The molecular weight excluding hydrogens is 280 g/mol. The van der Waals surface area contributed by atoms with Gasteiger partial charge in [-0.15, -0.1) is 0 Å². The molecule has 0 bridgehead atoms. The third-order valence-electron chi connectivity index (χ3n) is 3.28. The molecule has 2 rings (SSSR count). The number of ether oxygens (including phenoxy) is 2. The molecule has 0 aliphatic heterocycles. The Morgan fingerprint density at radius 3 is 2.68 bits per heavy atom. The average Bonchev–Trinajstić information content (AvgIpc) is 2.95. The monoisotopic (exact) mass is 304 g/mol. The van der Waals surface area contributed by atoms with Crippen molar-refractivity contribution in [3.8, 4) is 11.5 Å². The predicted molar refractivity (Wildman–Crippen MR) is 85.1 cm³/mol. The molecule has 1 heterocycles. The number of aromatic nitrogens is 3. The molecule has 1 aromatic heterocycles. The number of nitrogens with two attached hydrogens (primary N) is 1. The number of nitrogens with one attached hydrogen (secondary N) is 1. The second kappa shape index (κ2) is 7.26. The SMILES string of the molecule is CCOc1ccc(C(N)c2n[nH]c(CC(C)C)n2)cc1OC. The van der Waals surface area contributed by atoms with E-state index in [-0.39, 0.29) is 0 Å². The average molecular weight is 304 g/mol. The molecule has 0 radical (unpaired) electrons. The number of methoxy groups -OCH3 is 1. The summed E-state index contributed by atoms with van der Waals surface area (Å²) in [5.74, 6) is 3.33. The van der Waals surface area contributed by atoms with Crippen molar-refractivity contribution in [3.63, 3.8) is 0 Å².